The van der Waals surface area contributed by atoms with E-state index in [0.717, 1.165) is 19.6 Å². The molecule has 0 spiro atoms. The lowest BCUT2D eigenvalue weighted by atomic mass is 10.1. The standard InChI is InChI=1S/C23H47N3O4Si/c1-17-11-24-19(13-26(17)21(27)30-22(3,4)5)12-25-14-20(28-15-18(25)2)16-29-31(9,10)23(6,7)8/h17-20,24H,11-16H2,1-10H3/t17-,18-,19+,20-/m1/s1. The molecule has 7 nitrogen and oxygen atoms in total. The molecule has 0 aromatic carbocycles. The van der Waals surface area contributed by atoms with E-state index in [4.69, 9.17) is 13.9 Å². The van der Waals surface area contributed by atoms with Gasteiger partial charge >= 0.3 is 6.09 Å². The summed E-state index contributed by atoms with van der Waals surface area (Å²) in [6.45, 7) is 25.9. The Morgan fingerprint density at radius 2 is 1.74 bits per heavy atom. The van der Waals surface area contributed by atoms with Crippen LogP contribution < -0.4 is 5.32 Å². The summed E-state index contributed by atoms with van der Waals surface area (Å²) >= 11 is 0. The topological polar surface area (TPSA) is 63.3 Å². The van der Waals surface area contributed by atoms with Gasteiger partial charge in [-0.1, -0.05) is 20.8 Å². The number of ether oxygens (including phenoxy) is 2. The van der Waals surface area contributed by atoms with Crippen LogP contribution in [-0.2, 0) is 13.9 Å². The molecule has 2 fully saturated rings. The molecule has 2 heterocycles. The minimum absolute atomic E-state index is 0.0924. The molecule has 0 radical (unpaired) electrons. The predicted molar refractivity (Wildman–Crippen MR) is 128 cm³/mol. The second kappa shape index (κ2) is 10.1. The van der Waals surface area contributed by atoms with Gasteiger partial charge in [0.2, 0.25) is 0 Å². The van der Waals surface area contributed by atoms with E-state index in [1.165, 1.54) is 0 Å². The number of morpholine rings is 1. The summed E-state index contributed by atoms with van der Waals surface area (Å²) < 4.78 is 18.1. The van der Waals surface area contributed by atoms with E-state index >= 15 is 0 Å². The van der Waals surface area contributed by atoms with E-state index in [1.807, 2.05) is 25.7 Å². The number of piperazine rings is 1. The highest BCUT2D eigenvalue weighted by atomic mass is 28.4. The molecule has 2 saturated heterocycles. The first kappa shape index (κ1) is 26.6. The molecule has 2 aliphatic heterocycles. The van der Waals surface area contributed by atoms with Crippen molar-refractivity contribution in [2.75, 3.05) is 39.4 Å². The summed E-state index contributed by atoms with van der Waals surface area (Å²) in [6.07, 6.45) is -0.128. The van der Waals surface area contributed by atoms with Crippen molar-refractivity contribution in [2.24, 2.45) is 0 Å². The molecule has 31 heavy (non-hydrogen) atoms. The Hall–Kier alpha value is -0.673. The highest BCUT2D eigenvalue weighted by Crippen LogP contribution is 2.36. The number of amides is 1. The third-order valence-electron chi connectivity index (χ3n) is 6.80. The van der Waals surface area contributed by atoms with Crippen molar-refractivity contribution in [3.63, 3.8) is 0 Å². The summed E-state index contributed by atoms with van der Waals surface area (Å²) in [7, 11) is -1.79. The van der Waals surface area contributed by atoms with E-state index in [0.29, 0.717) is 25.8 Å². The first-order valence-electron chi connectivity index (χ1n) is 11.8. The van der Waals surface area contributed by atoms with Gasteiger partial charge in [-0.25, -0.2) is 4.79 Å². The van der Waals surface area contributed by atoms with Crippen LogP contribution in [0.4, 0.5) is 4.79 Å². The molecular weight excluding hydrogens is 410 g/mol. The van der Waals surface area contributed by atoms with Crippen molar-refractivity contribution in [2.45, 2.75) is 103 Å². The van der Waals surface area contributed by atoms with Crippen LogP contribution >= 0.6 is 0 Å². The fraction of sp³-hybridized carbons (Fsp3) is 0.957. The average Bonchev–Trinajstić information content (AvgIpc) is 2.61. The molecule has 4 atom stereocenters. The summed E-state index contributed by atoms with van der Waals surface area (Å²) in [5, 5.41) is 3.82. The lowest BCUT2D eigenvalue weighted by molar-refractivity contribution is -0.0796. The van der Waals surface area contributed by atoms with Gasteiger partial charge in [0.25, 0.3) is 0 Å². The zero-order valence-corrected chi connectivity index (χ0v) is 22.6. The molecule has 0 bridgehead atoms. The van der Waals surface area contributed by atoms with Gasteiger partial charge in [0.15, 0.2) is 8.32 Å². The van der Waals surface area contributed by atoms with E-state index in [1.54, 1.807) is 0 Å². The van der Waals surface area contributed by atoms with Crippen molar-refractivity contribution in [3.8, 4) is 0 Å². The first-order chi connectivity index (χ1) is 14.1. The van der Waals surface area contributed by atoms with E-state index < -0.39 is 13.9 Å². The van der Waals surface area contributed by atoms with Gasteiger partial charge in [0.1, 0.15) is 5.60 Å². The maximum Gasteiger partial charge on any atom is 0.410 e. The normalized spacial score (nSPS) is 29.2. The van der Waals surface area contributed by atoms with Crippen LogP contribution in [0, 0.1) is 0 Å². The Kier molecular flexibility index (Phi) is 8.64. The van der Waals surface area contributed by atoms with E-state index in [-0.39, 0.29) is 29.3 Å². The number of hydrogen-bond donors (Lipinski definition) is 1. The van der Waals surface area contributed by atoms with Crippen molar-refractivity contribution >= 4 is 14.4 Å². The highest BCUT2D eigenvalue weighted by Gasteiger charge is 2.39. The Morgan fingerprint density at radius 3 is 2.32 bits per heavy atom. The number of nitrogens with zero attached hydrogens (tertiary/aromatic N) is 2. The van der Waals surface area contributed by atoms with Crippen LogP contribution in [-0.4, -0.2) is 93.4 Å². The Labute approximate surface area is 191 Å². The molecule has 2 rings (SSSR count). The van der Waals surface area contributed by atoms with Crippen molar-refractivity contribution in [3.05, 3.63) is 0 Å². The van der Waals surface area contributed by atoms with E-state index in [2.05, 4.69) is 57.9 Å². The maximum atomic E-state index is 12.7. The fourth-order valence-corrected chi connectivity index (χ4v) is 4.69. The molecule has 2 aliphatic rings. The molecular formula is C23H47N3O4Si. The Morgan fingerprint density at radius 1 is 1.10 bits per heavy atom. The minimum Gasteiger partial charge on any atom is -0.444 e. The van der Waals surface area contributed by atoms with Gasteiger partial charge in [-0.15, -0.1) is 0 Å². The average molecular weight is 458 g/mol. The summed E-state index contributed by atoms with van der Waals surface area (Å²) in [4.78, 5) is 17.0. The zero-order valence-electron chi connectivity index (χ0n) is 21.6. The van der Waals surface area contributed by atoms with Crippen molar-refractivity contribution in [1.82, 2.24) is 15.1 Å². The van der Waals surface area contributed by atoms with Gasteiger partial charge in [0.05, 0.1) is 19.3 Å². The maximum absolute atomic E-state index is 12.7. The van der Waals surface area contributed by atoms with Crippen LogP contribution in [0.15, 0.2) is 0 Å². The number of hydrogen-bond acceptors (Lipinski definition) is 6. The molecule has 1 amide bonds. The molecule has 0 saturated carbocycles. The van der Waals surface area contributed by atoms with E-state index in [9.17, 15) is 4.79 Å². The predicted octanol–water partition coefficient (Wildman–Crippen LogP) is 3.69. The third-order valence-corrected chi connectivity index (χ3v) is 11.3. The quantitative estimate of drug-likeness (QED) is 0.635. The molecule has 0 aromatic rings. The Bertz CT molecular complexity index is 603. The van der Waals surface area contributed by atoms with Gasteiger partial charge < -0.3 is 24.1 Å². The summed E-state index contributed by atoms with van der Waals surface area (Å²) in [5.74, 6) is 0. The SMILES string of the molecule is C[C@@H]1CO[C@@H](CO[Si](C)(C)C(C)(C)C)CN1C[C@H]1CN(C(=O)OC(C)(C)C)[C@H](C)CN1. The molecule has 0 unspecified atom stereocenters. The summed E-state index contributed by atoms with van der Waals surface area (Å²) in [5.41, 5.74) is -0.479. The van der Waals surface area contributed by atoms with Crippen LogP contribution in [0.5, 0.6) is 0 Å². The number of carbonyl (C=O) groups excluding carboxylic acids is 1. The largest absolute Gasteiger partial charge is 0.444 e. The Balaban J connectivity index is 1.92. The second-order valence-electron chi connectivity index (χ2n) is 11.9. The van der Waals surface area contributed by atoms with Crippen LogP contribution in [0.25, 0.3) is 0 Å². The van der Waals surface area contributed by atoms with Crippen LogP contribution in [0.1, 0.15) is 55.4 Å². The molecule has 182 valence electrons. The molecule has 1 N–H and O–H groups in total. The number of carbonyl (C=O) groups is 1. The smallest absolute Gasteiger partial charge is 0.410 e. The monoisotopic (exact) mass is 457 g/mol. The van der Waals surface area contributed by atoms with Gasteiger partial charge in [-0.05, 0) is 52.8 Å². The van der Waals surface area contributed by atoms with Gasteiger partial charge in [0, 0.05) is 44.3 Å². The molecule has 8 heteroatoms. The summed E-state index contributed by atoms with van der Waals surface area (Å²) in [6, 6.07) is 0.686. The highest BCUT2D eigenvalue weighted by molar-refractivity contribution is 6.74. The first-order valence-corrected chi connectivity index (χ1v) is 14.7. The van der Waals surface area contributed by atoms with Crippen molar-refractivity contribution in [1.29, 1.82) is 0 Å². The fourth-order valence-electron chi connectivity index (χ4n) is 3.66. The second-order valence-corrected chi connectivity index (χ2v) is 16.7. The lowest BCUT2D eigenvalue weighted by Crippen LogP contribution is -2.62. The molecule has 0 aliphatic carbocycles. The van der Waals surface area contributed by atoms with Gasteiger partial charge in [-0.2, -0.15) is 0 Å². The van der Waals surface area contributed by atoms with Gasteiger partial charge in [-0.3, -0.25) is 4.90 Å². The van der Waals surface area contributed by atoms with Crippen LogP contribution in [0.3, 0.4) is 0 Å². The molecule has 0 aromatic heterocycles. The number of rotatable bonds is 5. The number of nitrogens with one attached hydrogen (secondary N) is 1. The van der Waals surface area contributed by atoms with Crippen molar-refractivity contribution < 1.29 is 18.7 Å². The lowest BCUT2D eigenvalue weighted by Gasteiger charge is -2.44. The minimum atomic E-state index is -1.79. The zero-order chi connectivity index (χ0) is 23.6. The van der Waals surface area contributed by atoms with Crippen LogP contribution in [0.2, 0.25) is 18.1 Å². The third kappa shape index (κ3) is 7.70.